The number of aromatic amines is 1. The first-order valence-corrected chi connectivity index (χ1v) is 9.55. The third-order valence-electron chi connectivity index (χ3n) is 5.03. The van der Waals surface area contributed by atoms with Crippen molar-refractivity contribution in [2.24, 2.45) is 5.92 Å². The number of hydrogen-bond donors (Lipinski definition) is 3. The summed E-state index contributed by atoms with van der Waals surface area (Å²) in [5.74, 6) is -0.342. The number of amides is 2. The van der Waals surface area contributed by atoms with E-state index in [0.717, 1.165) is 23.7 Å². The molecule has 0 radical (unpaired) electrons. The highest BCUT2D eigenvalue weighted by Crippen LogP contribution is 2.24. The minimum absolute atomic E-state index is 0.0959. The highest BCUT2D eigenvalue weighted by atomic mass is 35.5. The van der Waals surface area contributed by atoms with Crippen molar-refractivity contribution in [2.75, 3.05) is 18.4 Å². The zero-order valence-corrected chi connectivity index (χ0v) is 15.9. The number of piperidine rings is 1. The molecule has 3 aromatic rings. The van der Waals surface area contributed by atoms with Crippen molar-refractivity contribution in [2.45, 2.75) is 12.8 Å². The standard InChI is InChI=1S/C21H20ClN3O3/c22-15-3-5-16(6-4-15)23-20(27)13-2-1-9-25(12-13)21(28)19-11-14-10-17(26)7-8-18(14)24-19/h3-8,10-11,13,24,26H,1-2,9,12H2,(H,23,27). The lowest BCUT2D eigenvalue weighted by Gasteiger charge is -2.31. The number of benzene rings is 2. The maximum Gasteiger partial charge on any atom is 0.270 e. The van der Waals surface area contributed by atoms with E-state index in [1.54, 1.807) is 53.4 Å². The number of fused-ring (bicyclic) bond motifs is 1. The average Bonchev–Trinajstić information content (AvgIpc) is 3.12. The lowest BCUT2D eigenvalue weighted by molar-refractivity contribution is -0.121. The van der Waals surface area contributed by atoms with Gasteiger partial charge in [-0.25, -0.2) is 0 Å². The van der Waals surface area contributed by atoms with E-state index in [1.165, 1.54) is 0 Å². The molecule has 1 aliphatic rings. The first kappa shape index (κ1) is 18.4. The SMILES string of the molecule is O=C(Nc1ccc(Cl)cc1)C1CCCN(C(=O)c2cc3cc(O)ccc3[nH]2)C1. The summed E-state index contributed by atoms with van der Waals surface area (Å²) in [7, 11) is 0. The number of aromatic nitrogens is 1. The van der Waals surface area contributed by atoms with Gasteiger partial charge in [0.2, 0.25) is 5.91 Å². The normalized spacial score (nSPS) is 16.9. The number of nitrogens with zero attached hydrogens (tertiary/aromatic N) is 1. The van der Waals surface area contributed by atoms with Crippen LogP contribution in [0.2, 0.25) is 5.02 Å². The van der Waals surface area contributed by atoms with E-state index in [2.05, 4.69) is 10.3 Å². The van der Waals surface area contributed by atoms with Gasteiger partial charge in [-0.15, -0.1) is 0 Å². The van der Waals surface area contributed by atoms with E-state index in [4.69, 9.17) is 11.6 Å². The molecule has 1 aliphatic heterocycles. The molecule has 4 rings (SSSR count). The van der Waals surface area contributed by atoms with E-state index in [9.17, 15) is 14.7 Å². The third-order valence-corrected chi connectivity index (χ3v) is 5.28. The predicted octanol–water partition coefficient (Wildman–Crippen LogP) is 4.02. The molecule has 1 aromatic heterocycles. The maximum atomic E-state index is 12.9. The zero-order valence-electron chi connectivity index (χ0n) is 15.1. The van der Waals surface area contributed by atoms with Gasteiger partial charge in [0.15, 0.2) is 0 Å². The number of likely N-dealkylation sites (tertiary alicyclic amines) is 1. The molecule has 2 amide bonds. The fourth-order valence-electron chi connectivity index (χ4n) is 3.56. The number of carbonyl (C=O) groups excluding carboxylic acids is 2. The summed E-state index contributed by atoms with van der Waals surface area (Å²) in [4.78, 5) is 30.3. The molecule has 0 bridgehead atoms. The Morgan fingerprint density at radius 3 is 2.71 bits per heavy atom. The minimum Gasteiger partial charge on any atom is -0.508 e. The molecule has 28 heavy (non-hydrogen) atoms. The van der Waals surface area contributed by atoms with E-state index in [-0.39, 0.29) is 23.5 Å². The second-order valence-electron chi connectivity index (χ2n) is 7.04. The van der Waals surface area contributed by atoms with Crippen molar-refractivity contribution in [1.29, 1.82) is 0 Å². The van der Waals surface area contributed by atoms with Gasteiger partial charge in [0.1, 0.15) is 11.4 Å². The molecule has 7 heteroatoms. The van der Waals surface area contributed by atoms with Crippen LogP contribution in [0.1, 0.15) is 23.3 Å². The van der Waals surface area contributed by atoms with E-state index >= 15 is 0 Å². The van der Waals surface area contributed by atoms with Crippen LogP contribution in [0.25, 0.3) is 10.9 Å². The van der Waals surface area contributed by atoms with Crippen LogP contribution >= 0.6 is 11.6 Å². The topological polar surface area (TPSA) is 85.4 Å². The number of halogens is 1. The largest absolute Gasteiger partial charge is 0.508 e. The van der Waals surface area contributed by atoms with Crippen LogP contribution in [0.15, 0.2) is 48.5 Å². The number of anilines is 1. The van der Waals surface area contributed by atoms with E-state index < -0.39 is 0 Å². The van der Waals surface area contributed by atoms with Crippen LogP contribution in [-0.4, -0.2) is 39.9 Å². The van der Waals surface area contributed by atoms with Crippen LogP contribution in [0.5, 0.6) is 5.75 Å². The zero-order chi connectivity index (χ0) is 19.7. The number of hydrogen-bond acceptors (Lipinski definition) is 3. The molecule has 0 aliphatic carbocycles. The van der Waals surface area contributed by atoms with Crippen LogP contribution in [0.3, 0.4) is 0 Å². The highest BCUT2D eigenvalue weighted by Gasteiger charge is 2.29. The lowest BCUT2D eigenvalue weighted by Crippen LogP contribution is -2.43. The first-order valence-electron chi connectivity index (χ1n) is 9.17. The van der Waals surface area contributed by atoms with Gasteiger partial charge < -0.3 is 20.3 Å². The Bertz CT molecular complexity index is 1030. The summed E-state index contributed by atoms with van der Waals surface area (Å²) in [6.45, 7) is 0.989. The Morgan fingerprint density at radius 1 is 1.14 bits per heavy atom. The van der Waals surface area contributed by atoms with Gasteiger partial charge in [0, 0.05) is 34.7 Å². The van der Waals surface area contributed by atoms with Crippen LogP contribution in [0, 0.1) is 5.92 Å². The van der Waals surface area contributed by atoms with Gasteiger partial charge in [0.25, 0.3) is 5.91 Å². The van der Waals surface area contributed by atoms with Crippen molar-refractivity contribution in [3.8, 4) is 5.75 Å². The maximum absolute atomic E-state index is 12.9. The second kappa shape index (κ2) is 7.56. The average molecular weight is 398 g/mol. The third kappa shape index (κ3) is 3.82. The minimum atomic E-state index is -0.262. The summed E-state index contributed by atoms with van der Waals surface area (Å²) in [6.07, 6.45) is 1.51. The molecule has 1 fully saturated rings. The Labute approximate surface area is 167 Å². The Balaban J connectivity index is 1.45. The summed E-state index contributed by atoms with van der Waals surface area (Å²) in [5.41, 5.74) is 1.93. The van der Waals surface area contributed by atoms with Crippen molar-refractivity contribution < 1.29 is 14.7 Å². The quantitative estimate of drug-likeness (QED) is 0.624. The summed E-state index contributed by atoms with van der Waals surface area (Å²) >= 11 is 5.87. The number of rotatable bonds is 3. The summed E-state index contributed by atoms with van der Waals surface area (Å²) in [6, 6.07) is 13.6. The number of phenolic OH excluding ortho intramolecular Hbond substituents is 1. The molecule has 2 heterocycles. The van der Waals surface area contributed by atoms with Crippen molar-refractivity contribution >= 4 is 40.0 Å². The summed E-state index contributed by atoms with van der Waals surface area (Å²) in [5, 5.41) is 13.9. The van der Waals surface area contributed by atoms with Gasteiger partial charge >= 0.3 is 0 Å². The van der Waals surface area contributed by atoms with Gasteiger partial charge in [-0.1, -0.05) is 11.6 Å². The number of aromatic hydroxyl groups is 1. The lowest BCUT2D eigenvalue weighted by atomic mass is 9.96. The fourth-order valence-corrected chi connectivity index (χ4v) is 3.68. The molecular formula is C21H20ClN3O3. The van der Waals surface area contributed by atoms with Gasteiger partial charge in [0.05, 0.1) is 5.92 Å². The molecule has 1 atom stereocenters. The molecule has 2 aromatic carbocycles. The highest BCUT2D eigenvalue weighted by molar-refractivity contribution is 6.30. The van der Waals surface area contributed by atoms with Crippen LogP contribution < -0.4 is 5.32 Å². The van der Waals surface area contributed by atoms with Crippen molar-refractivity contribution in [1.82, 2.24) is 9.88 Å². The molecular weight excluding hydrogens is 378 g/mol. The number of phenols is 1. The van der Waals surface area contributed by atoms with Gasteiger partial charge in [-0.3, -0.25) is 9.59 Å². The van der Waals surface area contributed by atoms with E-state index in [1.807, 2.05) is 0 Å². The molecule has 6 nitrogen and oxygen atoms in total. The van der Waals surface area contributed by atoms with Crippen LogP contribution in [0.4, 0.5) is 5.69 Å². The van der Waals surface area contributed by atoms with E-state index in [0.29, 0.717) is 29.5 Å². The van der Waals surface area contributed by atoms with Gasteiger partial charge in [-0.2, -0.15) is 0 Å². The first-order chi connectivity index (χ1) is 13.5. The molecule has 3 N–H and O–H groups in total. The Morgan fingerprint density at radius 2 is 1.93 bits per heavy atom. The fraction of sp³-hybridized carbons (Fsp3) is 0.238. The van der Waals surface area contributed by atoms with Crippen molar-refractivity contribution in [3.05, 3.63) is 59.2 Å². The predicted molar refractivity (Wildman–Crippen MR) is 109 cm³/mol. The number of H-pyrrole nitrogens is 1. The Hall–Kier alpha value is -2.99. The summed E-state index contributed by atoms with van der Waals surface area (Å²) < 4.78 is 0. The molecule has 0 spiro atoms. The Kier molecular flexibility index (Phi) is 4.96. The molecule has 1 unspecified atom stereocenters. The number of nitrogens with one attached hydrogen (secondary N) is 2. The molecule has 0 saturated carbocycles. The van der Waals surface area contributed by atoms with Gasteiger partial charge in [-0.05, 0) is 61.4 Å². The smallest absolute Gasteiger partial charge is 0.270 e. The van der Waals surface area contributed by atoms with Crippen LogP contribution in [-0.2, 0) is 4.79 Å². The monoisotopic (exact) mass is 397 g/mol. The van der Waals surface area contributed by atoms with Crippen molar-refractivity contribution in [3.63, 3.8) is 0 Å². The molecule has 144 valence electrons. The molecule has 1 saturated heterocycles. The second-order valence-corrected chi connectivity index (χ2v) is 7.48. The number of carbonyl (C=O) groups is 2.